The zero-order valence-electron chi connectivity index (χ0n) is 12.3. The maximum absolute atomic E-state index is 11.9. The van der Waals surface area contributed by atoms with Gasteiger partial charge in [0.25, 0.3) is 5.91 Å². The number of hydrogen-bond donors (Lipinski definition) is 1. The zero-order valence-corrected chi connectivity index (χ0v) is 15.4. The van der Waals surface area contributed by atoms with E-state index in [4.69, 9.17) is 39.5 Å². The standard InChI is InChI=1S/C15H12Cl3NO4S/c1-24(21,22)10-3-5-12(17)14(7-10)19-15(20)8-23-9-2-4-11(16)13(18)6-9/h2-7H,8H2,1H3,(H,19,20). The summed E-state index contributed by atoms with van der Waals surface area (Å²) in [6, 6.07) is 8.64. The largest absolute Gasteiger partial charge is 0.484 e. The molecule has 0 aromatic heterocycles. The molecule has 2 rings (SSSR count). The summed E-state index contributed by atoms with van der Waals surface area (Å²) >= 11 is 17.6. The summed E-state index contributed by atoms with van der Waals surface area (Å²) in [6.07, 6.45) is 1.06. The first-order chi connectivity index (χ1) is 11.2. The zero-order chi connectivity index (χ0) is 17.9. The van der Waals surface area contributed by atoms with Crippen LogP contribution < -0.4 is 10.1 Å². The number of ether oxygens (including phenoxy) is 1. The number of anilines is 1. The molecule has 1 amide bonds. The molecule has 0 atom stereocenters. The molecule has 0 unspecified atom stereocenters. The Balaban J connectivity index is 2.05. The highest BCUT2D eigenvalue weighted by Crippen LogP contribution is 2.27. The van der Waals surface area contributed by atoms with E-state index in [-0.39, 0.29) is 22.2 Å². The Labute approximate surface area is 154 Å². The lowest BCUT2D eigenvalue weighted by Gasteiger charge is -2.10. The van der Waals surface area contributed by atoms with Gasteiger partial charge in [0, 0.05) is 12.3 Å². The number of amides is 1. The van der Waals surface area contributed by atoms with E-state index in [2.05, 4.69) is 5.32 Å². The topological polar surface area (TPSA) is 72.5 Å². The fraction of sp³-hybridized carbons (Fsp3) is 0.133. The van der Waals surface area contributed by atoms with Crippen LogP contribution in [0.25, 0.3) is 0 Å². The van der Waals surface area contributed by atoms with Crippen molar-refractivity contribution in [2.75, 3.05) is 18.2 Å². The number of rotatable bonds is 5. The molecule has 0 aliphatic heterocycles. The molecule has 24 heavy (non-hydrogen) atoms. The Kier molecular flexibility index (Phi) is 5.98. The predicted octanol–water partition coefficient (Wildman–Crippen LogP) is 4.07. The SMILES string of the molecule is CS(=O)(=O)c1ccc(Cl)c(NC(=O)COc2ccc(Cl)c(Cl)c2)c1. The molecule has 5 nitrogen and oxygen atoms in total. The maximum Gasteiger partial charge on any atom is 0.262 e. The number of benzene rings is 2. The fourth-order valence-corrected chi connectivity index (χ4v) is 2.83. The van der Waals surface area contributed by atoms with Crippen LogP contribution in [0, 0.1) is 0 Å². The summed E-state index contributed by atoms with van der Waals surface area (Å²) in [5.74, 6) is -0.135. The van der Waals surface area contributed by atoms with Gasteiger partial charge in [-0.25, -0.2) is 8.42 Å². The highest BCUT2D eigenvalue weighted by Gasteiger charge is 2.13. The predicted molar refractivity (Wildman–Crippen MR) is 95.1 cm³/mol. The van der Waals surface area contributed by atoms with Gasteiger partial charge >= 0.3 is 0 Å². The quantitative estimate of drug-likeness (QED) is 0.809. The summed E-state index contributed by atoms with van der Waals surface area (Å²) < 4.78 is 28.4. The Hall–Kier alpha value is -1.47. The number of halogens is 3. The van der Waals surface area contributed by atoms with Gasteiger partial charge < -0.3 is 10.1 Å². The molecule has 0 radical (unpaired) electrons. The van der Waals surface area contributed by atoms with Crippen molar-refractivity contribution in [2.45, 2.75) is 4.90 Å². The molecule has 0 fully saturated rings. The lowest BCUT2D eigenvalue weighted by molar-refractivity contribution is -0.118. The molecule has 2 aromatic rings. The van der Waals surface area contributed by atoms with Gasteiger partial charge in [0.05, 0.1) is 25.7 Å². The maximum atomic E-state index is 11.9. The molecule has 0 aliphatic carbocycles. The van der Waals surface area contributed by atoms with E-state index >= 15 is 0 Å². The smallest absolute Gasteiger partial charge is 0.262 e. The van der Waals surface area contributed by atoms with E-state index in [0.29, 0.717) is 15.8 Å². The lowest BCUT2D eigenvalue weighted by atomic mass is 10.3. The minimum atomic E-state index is -3.41. The minimum Gasteiger partial charge on any atom is -0.484 e. The van der Waals surface area contributed by atoms with Crippen molar-refractivity contribution in [1.82, 2.24) is 0 Å². The average Bonchev–Trinajstić information content (AvgIpc) is 2.49. The summed E-state index contributed by atoms with van der Waals surface area (Å²) in [6.45, 7) is -0.308. The monoisotopic (exact) mass is 407 g/mol. The minimum absolute atomic E-state index is 0.0487. The van der Waals surface area contributed by atoms with Crippen LogP contribution in [0.1, 0.15) is 0 Å². The Morgan fingerprint density at radius 1 is 1.04 bits per heavy atom. The second-order valence-electron chi connectivity index (χ2n) is 4.83. The van der Waals surface area contributed by atoms with Crippen LogP contribution in [0.15, 0.2) is 41.3 Å². The molecule has 128 valence electrons. The third-order valence-electron chi connectivity index (χ3n) is 2.90. The number of sulfone groups is 1. The van der Waals surface area contributed by atoms with Crippen molar-refractivity contribution < 1.29 is 17.9 Å². The van der Waals surface area contributed by atoms with Gasteiger partial charge in [-0.2, -0.15) is 0 Å². The van der Waals surface area contributed by atoms with Gasteiger partial charge in [0.2, 0.25) is 0 Å². The van der Waals surface area contributed by atoms with Gasteiger partial charge in [-0.3, -0.25) is 4.79 Å². The molecule has 0 saturated carbocycles. The number of hydrogen-bond acceptors (Lipinski definition) is 4. The molecular weight excluding hydrogens is 397 g/mol. The van der Waals surface area contributed by atoms with Crippen LogP contribution in [0.4, 0.5) is 5.69 Å². The number of carbonyl (C=O) groups excluding carboxylic acids is 1. The van der Waals surface area contributed by atoms with E-state index in [1.54, 1.807) is 12.1 Å². The van der Waals surface area contributed by atoms with E-state index in [9.17, 15) is 13.2 Å². The molecule has 9 heteroatoms. The molecule has 0 aliphatic rings. The molecular formula is C15H12Cl3NO4S. The van der Waals surface area contributed by atoms with Crippen LogP contribution in [0.2, 0.25) is 15.1 Å². The van der Waals surface area contributed by atoms with Gasteiger partial charge in [-0.1, -0.05) is 34.8 Å². The van der Waals surface area contributed by atoms with Crippen LogP contribution in [0.5, 0.6) is 5.75 Å². The summed E-state index contributed by atoms with van der Waals surface area (Å²) in [4.78, 5) is 12.0. The van der Waals surface area contributed by atoms with Crippen molar-refractivity contribution in [1.29, 1.82) is 0 Å². The lowest BCUT2D eigenvalue weighted by Crippen LogP contribution is -2.20. The van der Waals surface area contributed by atoms with Crippen LogP contribution in [0.3, 0.4) is 0 Å². The van der Waals surface area contributed by atoms with Crippen LogP contribution in [-0.4, -0.2) is 27.2 Å². The fourth-order valence-electron chi connectivity index (χ4n) is 1.73. The first-order valence-corrected chi connectivity index (χ1v) is 9.56. The summed E-state index contributed by atoms with van der Waals surface area (Å²) in [7, 11) is -3.41. The number of nitrogens with one attached hydrogen (secondary N) is 1. The molecule has 0 heterocycles. The average molecular weight is 409 g/mol. The Morgan fingerprint density at radius 3 is 2.33 bits per heavy atom. The van der Waals surface area contributed by atoms with E-state index in [1.165, 1.54) is 24.3 Å². The van der Waals surface area contributed by atoms with Crippen molar-refractivity contribution >= 4 is 56.2 Å². The van der Waals surface area contributed by atoms with Crippen LogP contribution >= 0.6 is 34.8 Å². The Bertz CT molecular complexity index is 884. The van der Waals surface area contributed by atoms with Crippen molar-refractivity contribution in [3.63, 3.8) is 0 Å². The number of carbonyl (C=O) groups is 1. The normalized spacial score (nSPS) is 11.2. The second kappa shape index (κ2) is 7.61. The van der Waals surface area contributed by atoms with Crippen LogP contribution in [-0.2, 0) is 14.6 Å². The molecule has 1 N–H and O–H groups in total. The van der Waals surface area contributed by atoms with Gasteiger partial charge in [-0.05, 0) is 30.3 Å². The highest BCUT2D eigenvalue weighted by molar-refractivity contribution is 7.90. The third-order valence-corrected chi connectivity index (χ3v) is 5.08. The summed E-state index contributed by atoms with van der Waals surface area (Å²) in [5.41, 5.74) is 0.183. The van der Waals surface area contributed by atoms with Crippen molar-refractivity contribution in [3.05, 3.63) is 51.5 Å². The third kappa shape index (κ3) is 5.01. The van der Waals surface area contributed by atoms with E-state index in [1.807, 2.05) is 0 Å². The van der Waals surface area contributed by atoms with Crippen molar-refractivity contribution in [3.8, 4) is 5.75 Å². The van der Waals surface area contributed by atoms with Gasteiger partial charge in [0.15, 0.2) is 16.4 Å². The second-order valence-corrected chi connectivity index (χ2v) is 8.06. The van der Waals surface area contributed by atoms with Crippen molar-refractivity contribution in [2.24, 2.45) is 0 Å². The van der Waals surface area contributed by atoms with Gasteiger partial charge in [-0.15, -0.1) is 0 Å². The molecule has 0 bridgehead atoms. The van der Waals surface area contributed by atoms with E-state index < -0.39 is 15.7 Å². The Morgan fingerprint density at radius 2 is 1.71 bits per heavy atom. The highest BCUT2D eigenvalue weighted by atomic mass is 35.5. The molecule has 0 saturated heterocycles. The molecule has 2 aromatic carbocycles. The molecule has 0 spiro atoms. The first-order valence-electron chi connectivity index (χ1n) is 6.54. The van der Waals surface area contributed by atoms with E-state index in [0.717, 1.165) is 6.26 Å². The first kappa shape index (κ1) is 18.9. The summed E-state index contributed by atoms with van der Waals surface area (Å²) in [5, 5.41) is 3.39. The van der Waals surface area contributed by atoms with Gasteiger partial charge in [0.1, 0.15) is 5.75 Å².